The first kappa shape index (κ1) is 22.8. The Morgan fingerprint density at radius 1 is 1.21 bits per heavy atom. The van der Waals surface area contributed by atoms with Crippen molar-refractivity contribution in [2.75, 3.05) is 49.6 Å². The van der Waals surface area contributed by atoms with E-state index in [1.165, 1.54) is 0 Å². The molecule has 2 aliphatic heterocycles. The van der Waals surface area contributed by atoms with E-state index in [1.807, 2.05) is 22.7 Å². The van der Waals surface area contributed by atoms with Gasteiger partial charge in [0.05, 0.1) is 29.3 Å². The van der Waals surface area contributed by atoms with Crippen molar-refractivity contribution in [3.63, 3.8) is 0 Å². The summed E-state index contributed by atoms with van der Waals surface area (Å²) in [5.74, 6) is 1.56. The van der Waals surface area contributed by atoms with Gasteiger partial charge in [-0.25, -0.2) is 9.78 Å². The number of hydrogen-bond acceptors (Lipinski definition) is 6. The molecule has 2 aromatic heterocycles. The Bertz CT molecular complexity index is 1140. The zero-order valence-electron chi connectivity index (χ0n) is 19.8. The number of carbonyl (C=O) groups excluding carboxylic acids is 1. The Kier molecular flexibility index (Phi) is 6.78. The van der Waals surface area contributed by atoms with Gasteiger partial charge in [-0.1, -0.05) is 19.4 Å². The quantitative estimate of drug-likeness (QED) is 0.541. The van der Waals surface area contributed by atoms with Crippen molar-refractivity contribution < 1.29 is 9.53 Å². The molecule has 2 amide bonds. The van der Waals surface area contributed by atoms with Gasteiger partial charge < -0.3 is 19.9 Å². The topological polar surface area (TPSA) is 70.6 Å². The van der Waals surface area contributed by atoms with Gasteiger partial charge in [-0.15, -0.1) is 11.3 Å². The van der Waals surface area contributed by atoms with E-state index in [9.17, 15) is 4.79 Å². The first-order valence-corrected chi connectivity index (χ1v) is 12.9. The van der Waals surface area contributed by atoms with E-state index in [0.717, 1.165) is 77.8 Å². The van der Waals surface area contributed by atoms with Crippen molar-refractivity contribution in [2.45, 2.75) is 26.7 Å². The van der Waals surface area contributed by atoms with E-state index in [0.29, 0.717) is 19.1 Å². The third-order valence-electron chi connectivity index (χ3n) is 6.78. The van der Waals surface area contributed by atoms with Crippen LogP contribution in [0.5, 0.6) is 0 Å². The molecule has 4 heterocycles. The van der Waals surface area contributed by atoms with Crippen LogP contribution in [0.25, 0.3) is 21.7 Å². The van der Waals surface area contributed by atoms with Gasteiger partial charge in [-0.2, -0.15) is 0 Å². The maximum absolute atomic E-state index is 12.9. The number of benzene rings is 1. The summed E-state index contributed by atoms with van der Waals surface area (Å²) in [6.07, 6.45) is 4.07. The molecule has 5 rings (SSSR count). The highest BCUT2D eigenvalue weighted by Crippen LogP contribution is 2.34. The Morgan fingerprint density at radius 2 is 2.06 bits per heavy atom. The molecule has 2 fully saturated rings. The molecule has 2 aliphatic rings. The summed E-state index contributed by atoms with van der Waals surface area (Å²) < 4.78 is 5.54. The minimum Gasteiger partial charge on any atom is -0.378 e. The molecule has 1 N–H and O–H groups in total. The van der Waals surface area contributed by atoms with Crippen molar-refractivity contribution in [1.82, 2.24) is 14.9 Å². The average Bonchev–Trinajstić information content (AvgIpc) is 3.58. The Balaban J connectivity index is 1.46. The fourth-order valence-corrected chi connectivity index (χ4v) is 5.24. The predicted octanol–water partition coefficient (Wildman–Crippen LogP) is 5.28. The van der Waals surface area contributed by atoms with E-state index in [-0.39, 0.29) is 6.03 Å². The number of urea groups is 1. The second-order valence-corrected chi connectivity index (χ2v) is 9.92. The molecule has 34 heavy (non-hydrogen) atoms. The first-order valence-electron chi connectivity index (χ1n) is 12.0. The van der Waals surface area contributed by atoms with E-state index >= 15 is 0 Å². The van der Waals surface area contributed by atoms with Crippen LogP contribution in [0.15, 0.2) is 42.0 Å². The number of pyridine rings is 1. The van der Waals surface area contributed by atoms with Gasteiger partial charge in [0.25, 0.3) is 0 Å². The van der Waals surface area contributed by atoms with E-state index in [1.54, 1.807) is 11.3 Å². The monoisotopic (exact) mass is 477 g/mol. The number of rotatable bonds is 5. The largest absolute Gasteiger partial charge is 0.378 e. The SMILES string of the molecule is CC[C@@H]1CCN(C(=O)Nc2ccc(C)c(-c3cc(-c4cncs4)nc(N4CCOCC4)c3)c2)C1. The Morgan fingerprint density at radius 3 is 2.79 bits per heavy atom. The van der Waals surface area contributed by atoms with Gasteiger partial charge in [-0.3, -0.25) is 4.98 Å². The number of ether oxygens (including phenoxy) is 1. The fraction of sp³-hybridized carbons (Fsp3) is 0.423. The Labute approximate surface area is 204 Å². The van der Waals surface area contributed by atoms with Gasteiger partial charge in [0.1, 0.15) is 5.82 Å². The van der Waals surface area contributed by atoms with Crippen LogP contribution < -0.4 is 10.2 Å². The molecule has 178 valence electrons. The van der Waals surface area contributed by atoms with E-state index in [4.69, 9.17) is 9.72 Å². The van der Waals surface area contributed by atoms with Crippen LogP contribution in [0, 0.1) is 12.8 Å². The van der Waals surface area contributed by atoms with Crippen LogP contribution in [0.2, 0.25) is 0 Å². The molecule has 3 aromatic rings. The molecule has 0 saturated carbocycles. The lowest BCUT2D eigenvalue weighted by atomic mass is 9.99. The minimum absolute atomic E-state index is 0.0140. The molecule has 8 heteroatoms. The second kappa shape index (κ2) is 10.1. The van der Waals surface area contributed by atoms with Gasteiger partial charge in [0.15, 0.2) is 0 Å². The molecule has 0 bridgehead atoms. The van der Waals surface area contributed by atoms with Crippen LogP contribution in [-0.4, -0.2) is 60.3 Å². The summed E-state index contributed by atoms with van der Waals surface area (Å²) in [6.45, 7) is 9.02. The predicted molar refractivity (Wildman–Crippen MR) is 138 cm³/mol. The fourth-order valence-electron chi connectivity index (χ4n) is 4.66. The van der Waals surface area contributed by atoms with Crippen molar-refractivity contribution in [1.29, 1.82) is 0 Å². The zero-order valence-corrected chi connectivity index (χ0v) is 20.6. The number of thiazole rings is 1. The summed E-state index contributed by atoms with van der Waals surface area (Å²) in [7, 11) is 0. The molecular formula is C26H31N5O2S. The van der Waals surface area contributed by atoms with Crippen molar-refractivity contribution in [3.05, 3.63) is 47.6 Å². The maximum atomic E-state index is 12.9. The van der Waals surface area contributed by atoms with Gasteiger partial charge in [0.2, 0.25) is 0 Å². The number of amides is 2. The summed E-state index contributed by atoms with van der Waals surface area (Å²) in [4.78, 5) is 27.3. The second-order valence-electron chi connectivity index (χ2n) is 9.03. The average molecular weight is 478 g/mol. The molecule has 7 nitrogen and oxygen atoms in total. The minimum atomic E-state index is -0.0140. The van der Waals surface area contributed by atoms with Crippen LogP contribution in [0.1, 0.15) is 25.3 Å². The van der Waals surface area contributed by atoms with Gasteiger partial charge >= 0.3 is 6.03 Å². The third-order valence-corrected chi connectivity index (χ3v) is 7.58. The van der Waals surface area contributed by atoms with Crippen LogP contribution in [-0.2, 0) is 4.74 Å². The number of hydrogen-bond donors (Lipinski definition) is 1. The number of nitrogens with one attached hydrogen (secondary N) is 1. The van der Waals surface area contributed by atoms with Crippen molar-refractivity contribution in [3.8, 4) is 21.7 Å². The van der Waals surface area contributed by atoms with Crippen molar-refractivity contribution >= 4 is 28.9 Å². The zero-order chi connectivity index (χ0) is 23.5. The molecular weight excluding hydrogens is 446 g/mol. The molecule has 0 radical (unpaired) electrons. The third kappa shape index (κ3) is 4.93. The van der Waals surface area contributed by atoms with Crippen molar-refractivity contribution in [2.24, 2.45) is 5.92 Å². The number of aromatic nitrogens is 2. The number of likely N-dealkylation sites (tertiary alicyclic amines) is 1. The summed E-state index contributed by atoms with van der Waals surface area (Å²) >= 11 is 1.59. The van der Waals surface area contributed by atoms with Gasteiger partial charge in [-0.05, 0) is 60.2 Å². The number of carbonyl (C=O) groups is 1. The summed E-state index contributed by atoms with van der Waals surface area (Å²) in [5.41, 5.74) is 6.89. The highest BCUT2D eigenvalue weighted by Gasteiger charge is 2.25. The molecule has 1 atom stereocenters. The molecule has 0 spiro atoms. The lowest BCUT2D eigenvalue weighted by Crippen LogP contribution is -2.36. The first-order chi connectivity index (χ1) is 16.6. The normalized spacial score (nSPS) is 18.4. The smallest absolute Gasteiger partial charge is 0.321 e. The van der Waals surface area contributed by atoms with Crippen LogP contribution in [0.4, 0.5) is 16.3 Å². The number of aryl methyl sites for hydroxylation is 1. The van der Waals surface area contributed by atoms with E-state index in [2.05, 4.69) is 53.3 Å². The molecule has 2 saturated heterocycles. The summed E-state index contributed by atoms with van der Waals surface area (Å²) in [6, 6.07) is 10.4. The molecule has 0 aliphatic carbocycles. The summed E-state index contributed by atoms with van der Waals surface area (Å²) in [5, 5.41) is 3.12. The molecule has 0 unspecified atom stereocenters. The number of nitrogens with zero attached hydrogens (tertiary/aromatic N) is 4. The van der Waals surface area contributed by atoms with Crippen LogP contribution >= 0.6 is 11.3 Å². The highest BCUT2D eigenvalue weighted by atomic mass is 32.1. The molecule has 1 aromatic carbocycles. The maximum Gasteiger partial charge on any atom is 0.321 e. The number of anilines is 2. The standard InChI is InChI=1S/C26H31N5O2S/c1-3-19-6-7-31(16-19)26(32)28-21-5-4-18(2)22(14-21)20-12-23(24-15-27-17-34-24)29-25(13-20)30-8-10-33-11-9-30/h4-5,12-15,17,19H,3,6-11,16H2,1-2H3,(H,28,32)/t19-/m1/s1. The van der Waals surface area contributed by atoms with Crippen LogP contribution in [0.3, 0.4) is 0 Å². The van der Waals surface area contributed by atoms with Gasteiger partial charge in [0, 0.05) is 38.1 Å². The lowest BCUT2D eigenvalue weighted by Gasteiger charge is -2.28. The number of morpholine rings is 1. The lowest BCUT2D eigenvalue weighted by molar-refractivity contribution is 0.122. The Hall–Kier alpha value is -2.97. The van der Waals surface area contributed by atoms with E-state index < -0.39 is 0 Å². The highest BCUT2D eigenvalue weighted by molar-refractivity contribution is 7.13.